The minimum Gasteiger partial charge on any atom is -0.242 e. The summed E-state index contributed by atoms with van der Waals surface area (Å²) < 4.78 is 28.7. The zero-order valence-corrected chi connectivity index (χ0v) is 18.1. The third-order valence-electron chi connectivity index (χ3n) is 4.17. The number of halogens is 1. The van der Waals surface area contributed by atoms with Gasteiger partial charge < -0.3 is 0 Å². The van der Waals surface area contributed by atoms with E-state index < -0.39 is 23.8 Å². The van der Waals surface area contributed by atoms with Crippen LogP contribution in [0.4, 0.5) is 4.39 Å². The van der Waals surface area contributed by atoms with Gasteiger partial charge in [0.25, 0.3) is 0 Å². The largest absolute Gasteiger partial charge is 0.242 e. The Kier molecular flexibility index (Phi) is 6.77. The quantitative estimate of drug-likeness (QED) is 0.513. The Labute approximate surface area is 170 Å². The summed E-state index contributed by atoms with van der Waals surface area (Å²) in [5.41, 5.74) is 0.943. The van der Waals surface area contributed by atoms with Crippen LogP contribution in [0, 0.1) is 5.82 Å². The number of rotatable bonds is 6. The Balaban J connectivity index is 2.10. The molecule has 3 aromatic carbocycles. The third kappa shape index (κ3) is 5.14. The van der Waals surface area contributed by atoms with E-state index in [1.165, 1.54) is 12.1 Å². The maximum atomic E-state index is 13.6. The Morgan fingerprint density at radius 1 is 0.821 bits per heavy atom. The summed E-state index contributed by atoms with van der Waals surface area (Å²) in [7, 11) is -2.25. The van der Waals surface area contributed by atoms with Crippen molar-refractivity contribution in [3.63, 3.8) is 0 Å². The van der Waals surface area contributed by atoms with Crippen molar-refractivity contribution >= 4 is 29.7 Å². The van der Waals surface area contributed by atoms with E-state index >= 15 is 0 Å². The summed E-state index contributed by atoms with van der Waals surface area (Å²) in [6, 6.07) is 26.9. The van der Waals surface area contributed by atoms with Crippen LogP contribution in [0.25, 0.3) is 0 Å². The van der Waals surface area contributed by atoms with Gasteiger partial charge in [-0.1, -0.05) is 72.8 Å². The molecule has 3 aromatic rings. The van der Waals surface area contributed by atoms with Gasteiger partial charge in [-0.15, -0.1) is 0 Å². The number of hydrogen-bond acceptors (Lipinski definition) is 1. The highest BCUT2D eigenvalue weighted by atomic mass is 32.2. The molecule has 0 spiro atoms. The molecule has 0 aliphatic heterocycles. The van der Waals surface area contributed by atoms with Gasteiger partial charge in [0.2, 0.25) is 0 Å². The molecule has 0 aromatic heterocycles. The molecule has 0 heterocycles. The lowest BCUT2D eigenvalue weighted by Gasteiger charge is -2.35. The fourth-order valence-corrected chi connectivity index (χ4v) is 7.63. The summed E-state index contributed by atoms with van der Waals surface area (Å²) in [6.45, 7) is 6.46. The fourth-order valence-electron chi connectivity index (χ4n) is 2.81. The zero-order chi connectivity index (χ0) is 20.1. The second-order valence-corrected chi connectivity index (χ2v) is 12.1. The van der Waals surface area contributed by atoms with Crippen molar-refractivity contribution in [1.29, 1.82) is 0 Å². The Morgan fingerprint density at radius 2 is 1.29 bits per heavy atom. The van der Waals surface area contributed by atoms with Gasteiger partial charge in [-0.25, -0.2) is 8.60 Å². The molecule has 0 aliphatic rings. The number of benzene rings is 3. The van der Waals surface area contributed by atoms with Gasteiger partial charge >= 0.3 is 0 Å². The Morgan fingerprint density at radius 3 is 1.71 bits per heavy atom. The van der Waals surface area contributed by atoms with Gasteiger partial charge in [-0.2, -0.15) is 4.08 Å². The van der Waals surface area contributed by atoms with E-state index in [0.717, 1.165) is 16.2 Å². The van der Waals surface area contributed by atoms with Gasteiger partial charge in [-0.3, -0.25) is 0 Å². The topological polar surface area (TPSA) is 20.3 Å². The summed E-state index contributed by atoms with van der Waals surface area (Å²) in [5, 5.41) is 2.28. The van der Waals surface area contributed by atoms with Crippen molar-refractivity contribution in [2.75, 3.05) is 0 Å². The molecule has 2 nitrogen and oxygen atoms in total. The standard InChI is InChI=1S/C23H25FNOPS/c1-23(2,3)28(26)25(18-19-14-16-20(24)17-15-19)27(21-10-6-4-7-11-21)22-12-8-5-9-13-22/h4-17H,18H2,1-3H3/t28-/m0/s1. The molecule has 0 unspecified atom stereocenters. The van der Waals surface area contributed by atoms with Crippen LogP contribution < -0.4 is 10.6 Å². The van der Waals surface area contributed by atoms with Gasteiger partial charge in [-0.05, 0) is 49.1 Å². The SMILES string of the molecule is CC(C)(C)[S@](=O)N(Cc1ccc(F)cc1)P(c1ccccc1)c1ccccc1. The second-order valence-electron chi connectivity index (χ2n) is 7.48. The molecule has 0 saturated heterocycles. The molecule has 0 N–H and O–H groups in total. The Bertz CT molecular complexity index is 871. The van der Waals surface area contributed by atoms with E-state index in [4.69, 9.17) is 0 Å². The molecule has 0 fully saturated rings. The molecule has 5 heteroatoms. The van der Waals surface area contributed by atoms with Crippen LogP contribution in [-0.4, -0.2) is 13.0 Å². The molecule has 0 bridgehead atoms. The van der Waals surface area contributed by atoms with Crippen LogP contribution in [0.5, 0.6) is 0 Å². The van der Waals surface area contributed by atoms with E-state index in [1.54, 1.807) is 12.1 Å². The summed E-state index contributed by atoms with van der Waals surface area (Å²) in [6.07, 6.45) is 0. The first-order valence-electron chi connectivity index (χ1n) is 9.20. The first-order valence-corrected chi connectivity index (χ1v) is 11.6. The predicted octanol–water partition coefficient (Wildman–Crippen LogP) is 5.14. The highest BCUT2D eigenvalue weighted by molar-refractivity contribution is 7.93. The maximum Gasteiger partial charge on any atom is 0.123 e. The van der Waals surface area contributed by atoms with Gasteiger partial charge in [0.05, 0.1) is 4.75 Å². The summed E-state index contributed by atoms with van der Waals surface area (Å²) >= 11 is 0. The number of nitrogens with zero attached hydrogens (tertiary/aromatic N) is 1. The smallest absolute Gasteiger partial charge is 0.123 e. The monoisotopic (exact) mass is 413 g/mol. The average molecular weight is 413 g/mol. The normalized spacial score (nSPS) is 13.1. The zero-order valence-electron chi connectivity index (χ0n) is 16.4. The van der Waals surface area contributed by atoms with Crippen molar-refractivity contribution in [3.8, 4) is 0 Å². The van der Waals surface area contributed by atoms with E-state index in [-0.39, 0.29) is 5.82 Å². The van der Waals surface area contributed by atoms with Crippen molar-refractivity contribution in [1.82, 2.24) is 4.08 Å². The first-order chi connectivity index (χ1) is 13.4. The van der Waals surface area contributed by atoms with Crippen LogP contribution >= 0.6 is 8.07 Å². The van der Waals surface area contributed by atoms with Crippen molar-refractivity contribution in [2.45, 2.75) is 32.1 Å². The van der Waals surface area contributed by atoms with Crippen molar-refractivity contribution in [3.05, 3.63) is 96.3 Å². The molecule has 0 aliphatic carbocycles. The van der Waals surface area contributed by atoms with Crippen molar-refractivity contribution < 1.29 is 8.60 Å². The summed E-state index contributed by atoms with van der Waals surface area (Å²) in [5.74, 6) is -0.263. The third-order valence-corrected chi connectivity index (χ3v) is 8.83. The first kappa shape index (κ1) is 20.9. The van der Waals surface area contributed by atoms with Crippen LogP contribution in [-0.2, 0) is 17.5 Å². The van der Waals surface area contributed by atoms with Gasteiger partial charge in [0, 0.05) is 14.6 Å². The van der Waals surface area contributed by atoms with Crippen LogP contribution in [0.1, 0.15) is 26.3 Å². The van der Waals surface area contributed by atoms with E-state index in [1.807, 2.05) is 57.2 Å². The lowest BCUT2D eigenvalue weighted by Crippen LogP contribution is -2.38. The molecule has 0 radical (unpaired) electrons. The van der Waals surface area contributed by atoms with Gasteiger partial charge in [0.1, 0.15) is 16.8 Å². The molecule has 28 heavy (non-hydrogen) atoms. The average Bonchev–Trinajstić information content (AvgIpc) is 2.69. The van der Waals surface area contributed by atoms with Crippen molar-refractivity contribution in [2.24, 2.45) is 0 Å². The predicted molar refractivity (Wildman–Crippen MR) is 119 cm³/mol. The molecule has 1 atom stereocenters. The molecular weight excluding hydrogens is 388 g/mol. The second kappa shape index (κ2) is 9.09. The van der Waals surface area contributed by atoms with E-state index in [9.17, 15) is 8.60 Å². The molecule has 0 amide bonds. The minimum atomic E-state index is -1.24. The highest BCUT2D eigenvalue weighted by Gasteiger charge is 2.33. The van der Waals surface area contributed by atoms with Gasteiger partial charge in [0.15, 0.2) is 0 Å². The molecular formula is C23H25FNOPS. The molecule has 146 valence electrons. The fraction of sp³-hybridized carbons (Fsp3) is 0.217. The number of hydrogen-bond donors (Lipinski definition) is 0. The Hall–Kier alpha value is -1.87. The lowest BCUT2D eigenvalue weighted by atomic mass is 10.2. The van der Waals surface area contributed by atoms with Crippen LogP contribution in [0.2, 0.25) is 0 Å². The van der Waals surface area contributed by atoms with Crippen LogP contribution in [0.3, 0.4) is 0 Å². The molecule has 0 saturated carbocycles. The van der Waals surface area contributed by atoms with E-state index in [2.05, 4.69) is 28.3 Å². The highest BCUT2D eigenvalue weighted by Crippen LogP contribution is 2.43. The van der Waals surface area contributed by atoms with Crippen LogP contribution in [0.15, 0.2) is 84.9 Å². The lowest BCUT2D eigenvalue weighted by molar-refractivity contribution is 0.583. The summed E-state index contributed by atoms with van der Waals surface area (Å²) in [4.78, 5) is 0. The minimum absolute atomic E-state index is 0.263. The van der Waals surface area contributed by atoms with E-state index in [0.29, 0.717) is 6.54 Å². The molecule has 3 rings (SSSR count). The maximum absolute atomic E-state index is 13.6.